The monoisotopic (exact) mass is 320 g/mol. The summed E-state index contributed by atoms with van der Waals surface area (Å²) in [5.74, 6) is 0.867. The first-order valence-electron chi connectivity index (χ1n) is 7.93. The minimum Gasteiger partial charge on any atom is -0.379 e. The fraction of sp³-hybridized carbons (Fsp3) is 0.933. The van der Waals surface area contributed by atoms with E-state index in [0.717, 1.165) is 32.5 Å². The van der Waals surface area contributed by atoms with Crippen molar-refractivity contribution >= 4 is 18.3 Å². The van der Waals surface area contributed by atoms with Gasteiger partial charge in [0.05, 0.1) is 19.3 Å². The van der Waals surface area contributed by atoms with E-state index in [1.807, 2.05) is 6.92 Å². The molecule has 0 bridgehead atoms. The third-order valence-corrected chi connectivity index (χ3v) is 4.12. The van der Waals surface area contributed by atoms with Crippen LogP contribution in [-0.2, 0) is 14.3 Å². The number of carbonyl (C=O) groups is 1. The van der Waals surface area contributed by atoms with Crippen molar-refractivity contribution in [2.24, 2.45) is 5.92 Å². The van der Waals surface area contributed by atoms with E-state index in [1.165, 1.54) is 12.8 Å². The van der Waals surface area contributed by atoms with E-state index in [0.29, 0.717) is 25.6 Å². The van der Waals surface area contributed by atoms with E-state index in [9.17, 15) is 4.79 Å². The average molecular weight is 321 g/mol. The summed E-state index contributed by atoms with van der Waals surface area (Å²) in [6.07, 6.45) is 5.24. The molecule has 0 aromatic rings. The normalized spacial score (nSPS) is 24.3. The van der Waals surface area contributed by atoms with Crippen molar-refractivity contribution in [1.82, 2.24) is 10.6 Å². The van der Waals surface area contributed by atoms with Crippen LogP contribution in [-0.4, -0.2) is 51.0 Å². The van der Waals surface area contributed by atoms with Gasteiger partial charge in [0.1, 0.15) is 0 Å². The summed E-state index contributed by atoms with van der Waals surface area (Å²) in [5.41, 5.74) is 0. The highest BCUT2D eigenvalue weighted by molar-refractivity contribution is 5.85. The molecule has 2 aliphatic heterocycles. The highest BCUT2D eigenvalue weighted by Gasteiger charge is 2.18. The van der Waals surface area contributed by atoms with Crippen molar-refractivity contribution < 1.29 is 14.3 Å². The third-order valence-electron chi connectivity index (χ3n) is 4.12. The van der Waals surface area contributed by atoms with Crippen molar-refractivity contribution in [3.63, 3.8) is 0 Å². The third kappa shape index (κ3) is 7.45. The lowest BCUT2D eigenvalue weighted by Gasteiger charge is -2.22. The van der Waals surface area contributed by atoms with Crippen LogP contribution in [0.4, 0.5) is 0 Å². The van der Waals surface area contributed by atoms with Crippen LogP contribution >= 0.6 is 12.4 Å². The summed E-state index contributed by atoms with van der Waals surface area (Å²) >= 11 is 0. The number of hydrogen-bond acceptors (Lipinski definition) is 4. The van der Waals surface area contributed by atoms with E-state index in [-0.39, 0.29) is 30.5 Å². The second-order valence-electron chi connectivity index (χ2n) is 6.02. The van der Waals surface area contributed by atoms with Crippen LogP contribution in [0.5, 0.6) is 0 Å². The Morgan fingerprint density at radius 3 is 2.81 bits per heavy atom. The molecule has 6 heteroatoms. The quantitative estimate of drug-likeness (QED) is 0.746. The Morgan fingerprint density at radius 2 is 2.14 bits per heavy atom. The minimum atomic E-state index is 0. The Balaban J connectivity index is 0.00000220. The number of amides is 1. The first-order chi connectivity index (χ1) is 9.74. The van der Waals surface area contributed by atoms with Gasteiger partial charge >= 0.3 is 0 Å². The molecule has 124 valence electrons. The van der Waals surface area contributed by atoms with Crippen LogP contribution in [0.15, 0.2) is 0 Å². The zero-order chi connectivity index (χ0) is 14.2. The maximum atomic E-state index is 11.9. The Morgan fingerprint density at radius 1 is 1.38 bits per heavy atom. The van der Waals surface area contributed by atoms with Gasteiger partial charge in [-0.3, -0.25) is 4.79 Å². The van der Waals surface area contributed by atoms with Gasteiger partial charge in [0.15, 0.2) is 0 Å². The molecule has 1 amide bonds. The van der Waals surface area contributed by atoms with Crippen molar-refractivity contribution in [1.29, 1.82) is 0 Å². The lowest BCUT2D eigenvalue weighted by molar-refractivity contribution is -0.122. The predicted molar refractivity (Wildman–Crippen MR) is 84.9 cm³/mol. The molecule has 2 rings (SSSR count). The number of ether oxygens (including phenoxy) is 2. The summed E-state index contributed by atoms with van der Waals surface area (Å²) in [6.45, 7) is 6.25. The minimum absolute atomic E-state index is 0. The van der Waals surface area contributed by atoms with Crippen molar-refractivity contribution in [3.05, 3.63) is 0 Å². The average Bonchev–Trinajstić information content (AvgIpc) is 2.97. The molecule has 5 nitrogen and oxygen atoms in total. The Bertz CT molecular complexity index is 293. The van der Waals surface area contributed by atoms with Gasteiger partial charge in [-0.05, 0) is 51.6 Å². The maximum absolute atomic E-state index is 11.9. The van der Waals surface area contributed by atoms with Crippen LogP contribution in [0.2, 0.25) is 0 Å². The molecule has 2 aliphatic rings. The highest BCUT2D eigenvalue weighted by Crippen LogP contribution is 2.17. The van der Waals surface area contributed by atoms with Crippen LogP contribution < -0.4 is 10.6 Å². The van der Waals surface area contributed by atoms with Crippen LogP contribution in [0, 0.1) is 5.92 Å². The van der Waals surface area contributed by atoms with E-state index >= 15 is 0 Å². The van der Waals surface area contributed by atoms with Gasteiger partial charge in [0, 0.05) is 19.1 Å². The molecule has 0 saturated carbocycles. The van der Waals surface area contributed by atoms with Crippen molar-refractivity contribution in [2.45, 2.75) is 51.2 Å². The lowest BCUT2D eigenvalue weighted by Crippen LogP contribution is -2.37. The Labute approximate surface area is 133 Å². The maximum Gasteiger partial charge on any atom is 0.220 e. The summed E-state index contributed by atoms with van der Waals surface area (Å²) in [6, 6.07) is 0.0797. The molecule has 2 atom stereocenters. The Kier molecular flexibility index (Phi) is 9.24. The van der Waals surface area contributed by atoms with E-state index in [1.54, 1.807) is 0 Å². The molecule has 0 aliphatic carbocycles. The predicted octanol–water partition coefficient (Wildman–Crippen LogP) is 1.50. The summed E-state index contributed by atoms with van der Waals surface area (Å²) < 4.78 is 11.0. The number of hydrogen-bond donors (Lipinski definition) is 2. The van der Waals surface area contributed by atoms with Gasteiger partial charge in [0.2, 0.25) is 5.91 Å². The first kappa shape index (κ1) is 18.7. The van der Waals surface area contributed by atoms with Crippen LogP contribution in [0.3, 0.4) is 0 Å². The van der Waals surface area contributed by atoms with Crippen LogP contribution in [0.25, 0.3) is 0 Å². The van der Waals surface area contributed by atoms with E-state index in [4.69, 9.17) is 9.47 Å². The SMILES string of the molecule is CC(COC1CCOC1)NC(=O)CCC1CCNCC1.Cl. The van der Waals surface area contributed by atoms with Gasteiger partial charge in [-0.25, -0.2) is 0 Å². The Hall–Kier alpha value is -0.360. The fourth-order valence-electron chi connectivity index (χ4n) is 2.82. The molecule has 0 spiro atoms. The molecule has 2 heterocycles. The number of halogens is 1. The van der Waals surface area contributed by atoms with E-state index < -0.39 is 0 Å². The van der Waals surface area contributed by atoms with Crippen LogP contribution in [0.1, 0.15) is 39.0 Å². The molecule has 21 heavy (non-hydrogen) atoms. The molecule has 2 N–H and O–H groups in total. The largest absolute Gasteiger partial charge is 0.379 e. The topological polar surface area (TPSA) is 59.6 Å². The van der Waals surface area contributed by atoms with Crippen molar-refractivity contribution in [2.75, 3.05) is 32.9 Å². The van der Waals surface area contributed by atoms with Gasteiger partial charge in [0.25, 0.3) is 0 Å². The zero-order valence-corrected chi connectivity index (χ0v) is 13.8. The second-order valence-corrected chi connectivity index (χ2v) is 6.02. The number of nitrogens with one attached hydrogen (secondary N) is 2. The molecular formula is C15H29ClN2O3. The first-order valence-corrected chi connectivity index (χ1v) is 7.93. The lowest BCUT2D eigenvalue weighted by atomic mass is 9.93. The fourth-order valence-corrected chi connectivity index (χ4v) is 2.82. The zero-order valence-electron chi connectivity index (χ0n) is 12.9. The molecule has 2 fully saturated rings. The van der Waals surface area contributed by atoms with Gasteiger partial charge < -0.3 is 20.1 Å². The number of rotatable bonds is 7. The molecule has 0 aromatic heterocycles. The van der Waals surface area contributed by atoms with Gasteiger partial charge in [-0.2, -0.15) is 0 Å². The van der Waals surface area contributed by atoms with Gasteiger partial charge in [-0.1, -0.05) is 0 Å². The molecule has 2 unspecified atom stereocenters. The summed E-state index contributed by atoms with van der Waals surface area (Å²) in [7, 11) is 0. The van der Waals surface area contributed by atoms with E-state index in [2.05, 4.69) is 10.6 Å². The standard InChI is InChI=1S/C15H28N2O3.ClH/c1-12(10-20-14-6-9-19-11-14)17-15(18)3-2-13-4-7-16-8-5-13;/h12-14,16H,2-11H2,1H3,(H,17,18);1H. The molecule has 0 radical (unpaired) electrons. The molecule has 2 saturated heterocycles. The molecular weight excluding hydrogens is 292 g/mol. The highest BCUT2D eigenvalue weighted by atomic mass is 35.5. The smallest absolute Gasteiger partial charge is 0.220 e. The summed E-state index contributed by atoms with van der Waals surface area (Å²) in [4.78, 5) is 11.9. The molecule has 0 aromatic carbocycles. The summed E-state index contributed by atoms with van der Waals surface area (Å²) in [5, 5.41) is 6.37. The second kappa shape index (κ2) is 10.4. The van der Waals surface area contributed by atoms with Gasteiger partial charge in [-0.15, -0.1) is 12.4 Å². The van der Waals surface area contributed by atoms with Crippen molar-refractivity contribution in [3.8, 4) is 0 Å². The number of carbonyl (C=O) groups excluding carboxylic acids is 1. The number of piperidine rings is 1.